The minimum absolute atomic E-state index is 0.00318. The number of ether oxygens (including phenoxy) is 11. The standard InChI is InChI=1S/C69H120N2O14/c1-10-11-34-76-36-38-78-40-42-80-44-46-82-48-49-83-47-45-81-43-41-79-39-37-77-35-33-71-64-28-25-63(26-29-64)27-31-65(84-55-73)30-24-57(3)51-60(6)62(8)52-61(7)59(5)50-56(2)19-14-12-15-20-58(4)69(75-9)53-66-21-18-23-68(85-66)67(74)22-16-13-17-32-70-54-72/h10,12,14-15,19-20,51,54-57,59,62-66,68-69,71H,1,7,11,13,16-18,21-50,52-53H2,2-6,8-9H3,(H,70,72)/b15-12+,19-14+,58-20+,60-51+. The molecule has 2 rings (SSSR count). The van der Waals surface area contributed by atoms with Gasteiger partial charge in [-0.3, -0.25) is 14.4 Å². The van der Waals surface area contributed by atoms with E-state index in [0.29, 0.717) is 167 Å². The van der Waals surface area contributed by atoms with Gasteiger partial charge in [-0.05, 0) is 152 Å². The molecule has 1 saturated heterocycles. The van der Waals surface area contributed by atoms with Crippen molar-refractivity contribution in [2.24, 2.45) is 29.6 Å². The number of hydrogen-bond donors (Lipinski definition) is 2. The van der Waals surface area contributed by atoms with Crippen molar-refractivity contribution in [3.05, 3.63) is 72.4 Å². The highest BCUT2D eigenvalue weighted by atomic mass is 16.6. The zero-order valence-corrected chi connectivity index (χ0v) is 54.3. The lowest BCUT2D eigenvalue weighted by Crippen LogP contribution is -2.36. The number of Topliss-reactive ketones (excluding diaryl/α,β-unsaturated/α-hetero) is 1. The number of amides is 1. The van der Waals surface area contributed by atoms with Crippen LogP contribution in [0.25, 0.3) is 0 Å². The van der Waals surface area contributed by atoms with Crippen LogP contribution in [0.4, 0.5) is 0 Å². The molecule has 0 aromatic rings. The Morgan fingerprint density at radius 1 is 0.647 bits per heavy atom. The molecule has 16 heteroatoms. The Morgan fingerprint density at radius 3 is 1.82 bits per heavy atom. The van der Waals surface area contributed by atoms with Gasteiger partial charge in [-0.1, -0.05) is 94.4 Å². The summed E-state index contributed by atoms with van der Waals surface area (Å²) < 4.78 is 62.2. The number of ketones is 1. The van der Waals surface area contributed by atoms with E-state index in [2.05, 4.69) is 102 Å². The third-order valence-electron chi connectivity index (χ3n) is 16.3. The van der Waals surface area contributed by atoms with Crippen LogP contribution in [0.1, 0.15) is 164 Å². The smallest absolute Gasteiger partial charge is 0.293 e. The van der Waals surface area contributed by atoms with E-state index in [4.69, 9.17) is 52.1 Å². The topological polar surface area (TPSA) is 177 Å². The highest BCUT2D eigenvalue weighted by Gasteiger charge is 2.30. The van der Waals surface area contributed by atoms with E-state index < -0.39 is 0 Å². The first-order chi connectivity index (χ1) is 41.4. The molecule has 1 amide bonds. The molecule has 1 saturated carbocycles. The summed E-state index contributed by atoms with van der Waals surface area (Å²) in [5.74, 6) is 2.50. The summed E-state index contributed by atoms with van der Waals surface area (Å²) in [6.45, 7) is 32.7. The third kappa shape index (κ3) is 42.2. The maximum absolute atomic E-state index is 12.9. The van der Waals surface area contributed by atoms with Gasteiger partial charge in [0.1, 0.15) is 12.2 Å². The van der Waals surface area contributed by atoms with E-state index in [1.807, 2.05) is 6.08 Å². The average molecular weight is 1200 g/mol. The van der Waals surface area contributed by atoms with E-state index in [-0.39, 0.29) is 30.2 Å². The van der Waals surface area contributed by atoms with E-state index in [0.717, 1.165) is 102 Å². The third-order valence-corrected chi connectivity index (χ3v) is 16.3. The van der Waals surface area contributed by atoms with Crippen LogP contribution in [0, 0.1) is 29.6 Å². The van der Waals surface area contributed by atoms with Crippen molar-refractivity contribution < 1.29 is 66.5 Å². The lowest BCUT2D eigenvalue weighted by Gasteiger charge is -2.31. The lowest BCUT2D eigenvalue weighted by atomic mass is 9.82. The predicted octanol–water partition coefficient (Wildman–Crippen LogP) is 12.0. The maximum Gasteiger partial charge on any atom is 0.293 e. The molecule has 85 heavy (non-hydrogen) atoms. The number of rotatable bonds is 58. The van der Waals surface area contributed by atoms with Crippen molar-refractivity contribution in [2.45, 2.75) is 194 Å². The minimum atomic E-state index is -0.324. The molecule has 490 valence electrons. The molecule has 0 spiro atoms. The molecule has 0 aromatic carbocycles. The number of nitrogens with one attached hydrogen (secondary N) is 2. The number of carbonyl (C=O) groups is 3. The van der Waals surface area contributed by atoms with Gasteiger partial charge in [-0.2, -0.15) is 0 Å². The second kappa shape index (κ2) is 53.6. The van der Waals surface area contributed by atoms with Crippen LogP contribution in [0.5, 0.6) is 0 Å². The van der Waals surface area contributed by atoms with Gasteiger partial charge in [0.2, 0.25) is 6.41 Å². The van der Waals surface area contributed by atoms with Crippen LogP contribution in [-0.4, -0.2) is 175 Å². The SMILES string of the molecule is C=CCCOCCOCCOCCOCCOCCOCCOCCOCCNC1CCC(CCC(CCC(C)/C=C(\C)C(C)CC(=C)C(C)CC(C)/C=C/C=C/C=C(\C)C(CC2CCCC(C(=O)CCCCCNC=O)O2)OC)OC=O)CC1. The minimum Gasteiger partial charge on any atom is -0.465 e. The van der Waals surface area contributed by atoms with Gasteiger partial charge < -0.3 is 62.7 Å². The lowest BCUT2D eigenvalue weighted by molar-refractivity contribution is -0.141. The molecule has 0 bridgehead atoms. The van der Waals surface area contributed by atoms with Crippen LogP contribution in [0.3, 0.4) is 0 Å². The summed E-state index contributed by atoms with van der Waals surface area (Å²) in [7, 11) is 1.74. The van der Waals surface area contributed by atoms with Gasteiger partial charge in [0.05, 0.1) is 118 Å². The summed E-state index contributed by atoms with van der Waals surface area (Å²) in [4.78, 5) is 34.8. The number of unbranched alkanes of at least 4 members (excludes halogenated alkanes) is 2. The first-order valence-electron chi connectivity index (χ1n) is 32.7. The Balaban J connectivity index is 1.51. The Bertz CT molecular complexity index is 1800. The Hall–Kier alpha value is -3.39. The van der Waals surface area contributed by atoms with E-state index in [9.17, 15) is 14.4 Å². The summed E-state index contributed by atoms with van der Waals surface area (Å²) >= 11 is 0. The van der Waals surface area contributed by atoms with Crippen LogP contribution in [-0.2, 0) is 66.5 Å². The maximum atomic E-state index is 12.9. The summed E-state index contributed by atoms with van der Waals surface area (Å²) in [6.07, 6.45) is 33.3. The fourth-order valence-electron chi connectivity index (χ4n) is 10.9. The van der Waals surface area contributed by atoms with Crippen LogP contribution in [0.2, 0.25) is 0 Å². The molecule has 16 nitrogen and oxygen atoms in total. The zero-order valence-electron chi connectivity index (χ0n) is 54.3. The Labute approximate surface area is 515 Å². The molecular formula is C69H120N2O14. The molecule has 8 atom stereocenters. The van der Waals surface area contributed by atoms with Gasteiger partial charge in [0, 0.05) is 39.1 Å². The molecule has 2 aliphatic rings. The van der Waals surface area contributed by atoms with E-state index in [1.165, 1.54) is 36.8 Å². The normalized spacial score (nSPS) is 20.0. The van der Waals surface area contributed by atoms with Crippen molar-refractivity contribution in [1.29, 1.82) is 0 Å². The van der Waals surface area contributed by atoms with E-state index >= 15 is 0 Å². The molecule has 0 radical (unpaired) electrons. The quantitative estimate of drug-likeness (QED) is 0.0254. The molecular weight excluding hydrogens is 1080 g/mol. The molecule has 2 N–H and O–H groups in total. The molecule has 1 heterocycles. The summed E-state index contributed by atoms with van der Waals surface area (Å²) in [5, 5.41) is 6.36. The van der Waals surface area contributed by atoms with E-state index in [1.54, 1.807) is 7.11 Å². The second-order valence-corrected chi connectivity index (χ2v) is 23.6. The largest absolute Gasteiger partial charge is 0.465 e. The number of methoxy groups -OCH3 is 1. The van der Waals surface area contributed by atoms with Gasteiger partial charge in [-0.15, -0.1) is 6.58 Å². The fourth-order valence-corrected chi connectivity index (χ4v) is 10.9. The van der Waals surface area contributed by atoms with Crippen molar-refractivity contribution in [3.63, 3.8) is 0 Å². The van der Waals surface area contributed by atoms with Crippen molar-refractivity contribution >= 4 is 18.7 Å². The molecule has 1 aliphatic heterocycles. The van der Waals surface area contributed by atoms with Crippen molar-refractivity contribution in [2.75, 3.05) is 126 Å². The molecule has 0 aromatic heterocycles. The Morgan fingerprint density at radius 2 is 1.25 bits per heavy atom. The number of hydrogen-bond acceptors (Lipinski definition) is 15. The first-order valence-corrected chi connectivity index (χ1v) is 32.7. The average Bonchev–Trinajstić information content (AvgIpc) is 3.50. The van der Waals surface area contributed by atoms with Gasteiger partial charge >= 0.3 is 0 Å². The molecule has 1 aliphatic carbocycles. The predicted molar refractivity (Wildman–Crippen MR) is 341 cm³/mol. The van der Waals surface area contributed by atoms with Crippen molar-refractivity contribution in [3.8, 4) is 0 Å². The van der Waals surface area contributed by atoms with Crippen molar-refractivity contribution in [1.82, 2.24) is 10.6 Å². The second-order valence-electron chi connectivity index (χ2n) is 23.6. The summed E-state index contributed by atoms with van der Waals surface area (Å²) in [5.41, 5.74) is 3.83. The Kier molecular flexibility index (Phi) is 49.0. The number of carbonyl (C=O) groups excluding carboxylic acids is 3. The van der Waals surface area contributed by atoms with Gasteiger partial charge in [0.25, 0.3) is 6.47 Å². The van der Waals surface area contributed by atoms with Crippen LogP contribution >= 0.6 is 0 Å². The van der Waals surface area contributed by atoms with Crippen LogP contribution < -0.4 is 10.6 Å². The number of allylic oxidation sites excluding steroid dienone is 8. The fraction of sp³-hybridized carbons (Fsp3) is 0.783. The van der Waals surface area contributed by atoms with Gasteiger partial charge in [-0.25, -0.2) is 0 Å². The van der Waals surface area contributed by atoms with Crippen LogP contribution in [0.15, 0.2) is 72.4 Å². The first kappa shape index (κ1) is 77.7. The summed E-state index contributed by atoms with van der Waals surface area (Å²) in [6, 6.07) is 0.524. The highest BCUT2D eigenvalue weighted by Crippen LogP contribution is 2.32. The highest BCUT2D eigenvalue weighted by molar-refractivity contribution is 5.83. The molecule has 8 unspecified atom stereocenters. The zero-order chi connectivity index (χ0) is 61.8. The molecule has 2 fully saturated rings. The van der Waals surface area contributed by atoms with Gasteiger partial charge in [0.15, 0.2) is 5.78 Å². The monoisotopic (exact) mass is 1200 g/mol.